The van der Waals surface area contributed by atoms with E-state index >= 15 is 0 Å². The zero-order valence-corrected chi connectivity index (χ0v) is 11.0. The Kier molecular flexibility index (Phi) is 9.30. The van der Waals surface area contributed by atoms with Gasteiger partial charge in [-0.15, -0.1) is 0 Å². The number of carbonyl (C=O) groups excluding carboxylic acids is 1. The minimum absolute atomic E-state index is 0.103. The number of carbonyl (C=O) groups is 1. The number of nitrogens with one attached hydrogen (secondary N) is 1. The van der Waals surface area contributed by atoms with E-state index in [0.29, 0.717) is 6.54 Å². The Morgan fingerprint density at radius 2 is 1.88 bits per heavy atom. The minimum atomic E-state index is -0.391. The van der Waals surface area contributed by atoms with E-state index in [1.54, 1.807) is 0 Å². The first-order valence-electron chi connectivity index (χ1n) is 6.61. The van der Waals surface area contributed by atoms with E-state index in [4.69, 9.17) is 0 Å². The summed E-state index contributed by atoms with van der Waals surface area (Å²) in [6, 6.07) is 0. The highest BCUT2D eigenvalue weighted by atomic mass is 16.3. The van der Waals surface area contributed by atoms with Crippen molar-refractivity contribution in [1.29, 1.82) is 0 Å². The van der Waals surface area contributed by atoms with Gasteiger partial charge in [0, 0.05) is 12.5 Å². The summed E-state index contributed by atoms with van der Waals surface area (Å²) in [6.45, 7) is 6.61. The molecule has 16 heavy (non-hydrogen) atoms. The maximum Gasteiger partial charge on any atom is 0.223 e. The number of aliphatic hydroxyl groups excluding tert-OH is 1. The van der Waals surface area contributed by atoms with Crippen LogP contribution in [0.15, 0.2) is 0 Å². The molecule has 0 aromatic heterocycles. The standard InChI is InChI=1S/C13H27NO2/c1-4-7-9-11(6-3)13(16)14-10-12(15)8-5-2/h11-12,15H,4-10H2,1-3H3,(H,14,16). The summed E-state index contributed by atoms with van der Waals surface area (Å²) in [5, 5.41) is 12.4. The first-order chi connectivity index (χ1) is 7.65. The molecule has 0 aliphatic heterocycles. The van der Waals surface area contributed by atoms with Crippen molar-refractivity contribution in [2.45, 2.75) is 65.4 Å². The van der Waals surface area contributed by atoms with Crippen molar-refractivity contribution >= 4 is 5.91 Å². The highest BCUT2D eigenvalue weighted by molar-refractivity contribution is 5.78. The molecule has 96 valence electrons. The molecule has 3 nitrogen and oxygen atoms in total. The molecule has 0 bridgehead atoms. The van der Waals surface area contributed by atoms with Crippen LogP contribution in [0.1, 0.15) is 59.3 Å². The quantitative estimate of drug-likeness (QED) is 0.638. The van der Waals surface area contributed by atoms with Crippen LogP contribution in [0.4, 0.5) is 0 Å². The fraction of sp³-hybridized carbons (Fsp3) is 0.923. The van der Waals surface area contributed by atoms with Gasteiger partial charge in [0.1, 0.15) is 0 Å². The van der Waals surface area contributed by atoms with Crippen molar-refractivity contribution in [3.8, 4) is 0 Å². The van der Waals surface area contributed by atoms with E-state index < -0.39 is 6.10 Å². The lowest BCUT2D eigenvalue weighted by atomic mass is 9.98. The van der Waals surface area contributed by atoms with Crippen LogP contribution >= 0.6 is 0 Å². The summed E-state index contributed by atoms with van der Waals surface area (Å²) in [4.78, 5) is 11.8. The molecule has 2 unspecified atom stereocenters. The molecule has 1 amide bonds. The highest BCUT2D eigenvalue weighted by Gasteiger charge is 2.16. The van der Waals surface area contributed by atoms with Gasteiger partial charge in [0.15, 0.2) is 0 Å². The Bertz CT molecular complexity index is 183. The summed E-state index contributed by atoms with van der Waals surface area (Å²) in [6.07, 6.45) is 5.39. The van der Waals surface area contributed by atoms with Crippen LogP contribution in [0.3, 0.4) is 0 Å². The monoisotopic (exact) mass is 229 g/mol. The SMILES string of the molecule is CCCCC(CC)C(=O)NCC(O)CCC. The fourth-order valence-corrected chi connectivity index (χ4v) is 1.77. The average Bonchev–Trinajstić information content (AvgIpc) is 2.28. The first kappa shape index (κ1) is 15.4. The molecular formula is C13H27NO2. The largest absolute Gasteiger partial charge is 0.391 e. The number of aliphatic hydroxyl groups is 1. The summed E-state index contributed by atoms with van der Waals surface area (Å²) in [7, 11) is 0. The topological polar surface area (TPSA) is 49.3 Å². The van der Waals surface area contributed by atoms with Crippen molar-refractivity contribution in [3.63, 3.8) is 0 Å². The molecule has 0 saturated carbocycles. The maximum absolute atomic E-state index is 11.8. The molecule has 0 radical (unpaired) electrons. The van der Waals surface area contributed by atoms with Gasteiger partial charge in [0.05, 0.1) is 6.10 Å². The molecule has 0 heterocycles. The molecule has 0 saturated heterocycles. The lowest BCUT2D eigenvalue weighted by molar-refractivity contribution is -0.125. The number of rotatable bonds is 9. The van der Waals surface area contributed by atoms with Gasteiger partial charge in [-0.3, -0.25) is 4.79 Å². The smallest absolute Gasteiger partial charge is 0.223 e. The van der Waals surface area contributed by atoms with Crippen LogP contribution < -0.4 is 5.32 Å². The molecule has 0 fully saturated rings. The van der Waals surface area contributed by atoms with Crippen LogP contribution in [0.25, 0.3) is 0 Å². The van der Waals surface area contributed by atoms with Gasteiger partial charge >= 0.3 is 0 Å². The average molecular weight is 229 g/mol. The van der Waals surface area contributed by atoms with Gasteiger partial charge in [-0.2, -0.15) is 0 Å². The van der Waals surface area contributed by atoms with Crippen LogP contribution in [0.2, 0.25) is 0 Å². The minimum Gasteiger partial charge on any atom is -0.391 e. The van der Waals surface area contributed by atoms with E-state index in [1.165, 1.54) is 0 Å². The van der Waals surface area contributed by atoms with E-state index in [9.17, 15) is 9.90 Å². The molecule has 0 aromatic carbocycles. The second-order valence-electron chi connectivity index (χ2n) is 4.44. The molecule has 2 N–H and O–H groups in total. The summed E-state index contributed by atoms with van der Waals surface area (Å²) < 4.78 is 0. The van der Waals surface area contributed by atoms with Crippen molar-refractivity contribution < 1.29 is 9.90 Å². The summed E-state index contributed by atoms with van der Waals surface area (Å²) in [5.41, 5.74) is 0. The van der Waals surface area contributed by atoms with Gasteiger partial charge in [0.25, 0.3) is 0 Å². The molecule has 3 heteroatoms. The second-order valence-corrected chi connectivity index (χ2v) is 4.44. The molecule has 2 atom stereocenters. The van der Waals surface area contributed by atoms with Crippen molar-refractivity contribution in [3.05, 3.63) is 0 Å². The lowest BCUT2D eigenvalue weighted by Gasteiger charge is -2.16. The maximum atomic E-state index is 11.8. The van der Waals surface area contributed by atoms with Crippen molar-refractivity contribution in [2.24, 2.45) is 5.92 Å². The van der Waals surface area contributed by atoms with Crippen LogP contribution in [0.5, 0.6) is 0 Å². The number of hydrogen-bond donors (Lipinski definition) is 2. The van der Waals surface area contributed by atoms with E-state index in [1.807, 2.05) is 13.8 Å². The molecule has 0 aliphatic carbocycles. The van der Waals surface area contributed by atoms with Gasteiger partial charge in [-0.25, -0.2) is 0 Å². The van der Waals surface area contributed by atoms with Crippen LogP contribution in [-0.4, -0.2) is 23.7 Å². The predicted molar refractivity (Wildman–Crippen MR) is 67.2 cm³/mol. The van der Waals surface area contributed by atoms with Gasteiger partial charge in [-0.05, 0) is 19.3 Å². The van der Waals surface area contributed by atoms with Crippen molar-refractivity contribution in [2.75, 3.05) is 6.54 Å². The first-order valence-corrected chi connectivity index (χ1v) is 6.61. The summed E-state index contributed by atoms with van der Waals surface area (Å²) in [5.74, 6) is 0.222. The lowest BCUT2D eigenvalue weighted by Crippen LogP contribution is -2.36. The highest BCUT2D eigenvalue weighted by Crippen LogP contribution is 2.12. The zero-order chi connectivity index (χ0) is 12.4. The molecule has 0 aliphatic rings. The number of unbranched alkanes of at least 4 members (excludes halogenated alkanes) is 1. The normalized spacial score (nSPS) is 14.5. The van der Waals surface area contributed by atoms with Gasteiger partial charge in [-0.1, -0.05) is 40.0 Å². The van der Waals surface area contributed by atoms with Crippen LogP contribution in [-0.2, 0) is 4.79 Å². The third-order valence-electron chi connectivity index (χ3n) is 2.90. The van der Waals surface area contributed by atoms with E-state index in [2.05, 4.69) is 12.2 Å². The molecular weight excluding hydrogens is 202 g/mol. The Labute approximate surface area is 99.6 Å². The van der Waals surface area contributed by atoms with Gasteiger partial charge < -0.3 is 10.4 Å². The third kappa shape index (κ3) is 6.83. The fourth-order valence-electron chi connectivity index (χ4n) is 1.77. The molecule has 0 aromatic rings. The van der Waals surface area contributed by atoms with E-state index in [0.717, 1.165) is 38.5 Å². The van der Waals surface area contributed by atoms with Crippen molar-refractivity contribution in [1.82, 2.24) is 5.32 Å². The molecule has 0 rings (SSSR count). The Hall–Kier alpha value is -0.570. The number of amides is 1. The second kappa shape index (κ2) is 9.64. The number of hydrogen-bond acceptors (Lipinski definition) is 2. The van der Waals surface area contributed by atoms with Gasteiger partial charge in [0.2, 0.25) is 5.91 Å². The summed E-state index contributed by atoms with van der Waals surface area (Å²) >= 11 is 0. The Morgan fingerprint density at radius 3 is 2.38 bits per heavy atom. The molecule has 0 spiro atoms. The van der Waals surface area contributed by atoms with E-state index in [-0.39, 0.29) is 11.8 Å². The van der Waals surface area contributed by atoms with Crippen LogP contribution in [0, 0.1) is 5.92 Å². The predicted octanol–water partition coefficient (Wildman–Crippen LogP) is 2.48. The third-order valence-corrected chi connectivity index (χ3v) is 2.90. The Morgan fingerprint density at radius 1 is 1.19 bits per heavy atom. The Balaban J connectivity index is 3.82. The zero-order valence-electron chi connectivity index (χ0n) is 11.0.